The molecule has 2 heterocycles. The zero-order chi connectivity index (χ0) is 17.4. The lowest BCUT2D eigenvalue weighted by Gasteiger charge is -2.07. The van der Waals surface area contributed by atoms with Crippen molar-refractivity contribution in [2.45, 2.75) is 13.5 Å². The van der Waals surface area contributed by atoms with E-state index in [0.29, 0.717) is 18.3 Å². The van der Waals surface area contributed by atoms with Gasteiger partial charge in [0.2, 0.25) is 0 Å². The van der Waals surface area contributed by atoms with Crippen molar-refractivity contribution in [3.05, 3.63) is 71.4 Å². The van der Waals surface area contributed by atoms with Crippen LogP contribution in [-0.4, -0.2) is 18.7 Å². The molecule has 0 N–H and O–H groups in total. The maximum absolute atomic E-state index is 12.2. The lowest BCUT2D eigenvalue weighted by atomic mass is 10.3. The van der Waals surface area contributed by atoms with Crippen molar-refractivity contribution in [1.82, 2.24) is 18.7 Å². The number of benzene rings is 2. The van der Waals surface area contributed by atoms with Gasteiger partial charge in [-0.05, 0) is 43.3 Å². The highest BCUT2D eigenvalue weighted by Gasteiger charge is 2.10. The topological polar surface area (TPSA) is 54.0 Å². The van der Waals surface area contributed by atoms with Crippen LogP contribution in [0.4, 0.5) is 0 Å². The fourth-order valence-corrected chi connectivity index (χ4v) is 2.85. The third-order valence-corrected chi connectivity index (χ3v) is 4.26. The van der Waals surface area contributed by atoms with Gasteiger partial charge in [-0.25, -0.2) is 4.79 Å². The Labute approximate surface area is 144 Å². The number of para-hydroxylation sites is 2. The number of ether oxygens (including phenoxy) is 1. The van der Waals surface area contributed by atoms with Gasteiger partial charge in [0.05, 0.1) is 16.7 Å². The van der Waals surface area contributed by atoms with Gasteiger partial charge in [-0.2, -0.15) is 4.98 Å². The van der Waals surface area contributed by atoms with Gasteiger partial charge < -0.3 is 4.74 Å². The standard InChI is InChI=1S/C19H18N4O2/c1-3-22-12-13-23(19(22)24)14-8-10-15(11-9-14)25-18-20-16-6-4-5-7-17(16)21(18)2/h4-13H,3H2,1-2H3. The molecule has 0 atom stereocenters. The summed E-state index contributed by atoms with van der Waals surface area (Å²) in [6.45, 7) is 2.60. The van der Waals surface area contributed by atoms with Crippen molar-refractivity contribution in [3.63, 3.8) is 0 Å². The molecule has 0 fully saturated rings. The predicted molar refractivity (Wildman–Crippen MR) is 96.5 cm³/mol. The molecule has 25 heavy (non-hydrogen) atoms. The molecule has 0 unspecified atom stereocenters. The van der Waals surface area contributed by atoms with Gasteiger partial charge in [0.15, 0.2) is 0 Å². The second-order valence-corrected chi connectivity index (χ2v) is 5.77. The second-order valence-electron chi connectivity index (χ2n) is 5.77. The monoisotopic (exact) mass is 334 g/mol. The van der Waals surface area contributed by atoms with Crippen LogP contribution in [0.2, 0.25) is 0 Å². The van der Waals surface area contributed by atoms with Gasteiger partial charge in [0.1, 0.15) is 5.75 Å². The fourth-order valence-electron chi connectivity index (χ4n) is 2.85. The fraction of sp³-hybridized carbons (Fsp3) is 0.158. The average molecular weight is 334 g/mol. The molecule has 0 saturated carbocycles. The molecule has 0 bridgehead atoms. The molecule has 0 aliphatic heterocycles. The summed E-state index contributed by atoms with van der Waals surface area (Å²) in [5.41, 5.74) is 2.66. The summed E-state index contributed by atoms with van der Waals surface area (Å²) in [4.78, 5) is 16.7. The Morgan fingerprint density at radius 3 is 2.48 bits per heavy atom. The number of rotatable bonds is 4. The molecular weight excluding hydrogens is 316 g/mol. The van der Waals surface area contributed by atoms with Crippen molar-refractivity contribution in [2.24, 2.45) is 7.05 Å². The minimum Gasteiger partial charge on any atom is -0.425 e. The summed E-state index contributed by atoms with van der Waals surface area (Å²) < 4.78 is 11.1. The molecule has 126 valence electrons. The first-order valence-electron chi connectivity index (χ1n) is 8.15. The van der Waals surface area contributed by atoms with Gasteiger partial charge in [0, 0.05) is 26.0 Å². The van der Waals surface area contributed by atoms with Crippen LogP contribution in [0, 0.1) is 0 Å². The van der Waals surface area contributed by atoms with Crippen LogP contribution in [0.5, 0.6) is 11.8 Å². The summed E-state index contributed by atoms with van der Waals surface area (Å²) in [6.07, 6.45) is 3.55. The van der Waals surface area contributed by atoms with E-state index in [2.05, 4.69) is 4.98 Å². The summed E-state index contributed by atoms with van der Waals surface area (Å²) in [6, 6.07) is 15.8. The summed E-state index contributed by atoms with van der Waals surface area (Å²) in [7, 11) is 1.92. The first kappa shape index (κ1) is 15.3. The Morgan fingerprint density at radius 1 is 1.04 bits per heavy atom. The van der Waals surface area contributed by atoms with Crippen molar-refractivity contribution < 1.29 is 4.74 Å². The Hall–Kier alpha value is -3.28. The van der Waals surface area contributed by atoms with Gasteiger partial charge in [-0.3, -0.25) is 13.7 Å². The molecule has 2 aromatic carbocycles. The number of hydrogen-bond donors (Lipinski definition) is 0. The Balaban J connectivity index is 1.62. The largest absolute Gasteiger partial charge is 0.425 e. The molecule has 0 saturated heterocycles. The average Bonchev–Trinajstić information content (AvgIpc) is 3.16. The van der Waals surface area contributed by atoms with Crippen LogP contribution in [0.15, 0.2) is 65.7 Å². The molecule has 4 rings (SSSR count). The SMILES string of the molecule is CCn1ccn(-c2ccc(Oc3nc4ccccc4n3C)cc2)c1=O. The third-order valence-electron chi connectivity index (χ3n) is 4.26. The van der Waals surface area contributed by atoms with E-state index >= 15 is 0 Å². The Morgan fingerprint density at radius 2 is 1.80 bits per heavy atom. The van der Waals surface area contributed by atoms with Crippen molar-refractivity contribution in [3.8, 4) is 17.4 Å². The lowest BCUT2D eigenvalue weighted by molar-refractivity contribution is 0.428. The van der Waals surface area contributed by atoms with E-state index in [1.54, 1.807) is 21.5 Å². The zero-order valence-corrected chi connectivity index (χ0v) is 14.1. The van der Waals surface area contributed by atoms with Gasteiger partial charge >= 0.3 is 11.7 Å². The molecule has 2 aromatic heterocycles. The van der Waals surface area contributed by atoms with E-state index in [0.717, 1.165) is 16.7 Å². The molecule has 0 spiro atoms. The Kier molecular flexibility index (Phi) is 3.65. The molecule has 0 aliphatic rings. The van der Waals surface area contributed by atoms with Crippen LogP contribution >= 0.6 is 0 Å². The van der Waals surface area contributed by atoms with E-state index in [1.807, 2.05) is 67.1 Å². The lowest BCUT2D eigenvalue weighted by Crippen LogP contribution is -2.22. The van der Waals surface area contributed by atoms with E-state index in [1.165, 1.54) is 0 Å². The number of aryl methyl sites for hydroxylation is 2. The highest BCUT2D eigenvalue weighted by atomic mass is 16.5. The van der Waals surface area contributed by atoms with Crippen molar-refractivity contribution in [1.29, 1.82) is 0 Å². The Bertz CT molecular complexity index is 1090. The van der Waals surface area contributed by atoms with E-state index < -0.39 is 0 Å². The first-order chi connectivity index (χ1) is 12.2. The van der Waals surface area contributed by atoms with Crippen LogP contribution in [0.3, 0.4) is 0 Å². The highest BCUT2D eigenvalue weighted by molar-refractivity contribution is 5.76. The molecule has 6 heteroatoms. The van der Waals surface area contributed by atoms with Crippen LogP contribution in [0.25, 0.3) is 16.7 Å². The minimum absolute atomic E-state index is 0.0495. The summed E-state index contributed by atoms with van der Waals surface area (Å²) in [5, 5.41) is 0. The number of aromatic nitrogens is 4. The molecular formula is C19H18N4O2. The first-order valence-corrected chi connectivity index (χ1v) is 8.15. The van der Waals surface area contributed by atoms with Crippen molar-refractivity contribution >= 4 is 11.0 Å². The smallest absolute Gasteiger partial charge is 0.332 e. The normalized spacial score (nSPS) is 11.1. The quantitative estimate of drug-likeness (QED) is 0.575. The highest BCUT2D eigenvalue weighted by Crippen LogP contribution is 2.25. The minimum atomic E-state index is -0.0495. The second kappa shape index (κ2) is 5.98. The number of nitrogens with zero attached hydrogens (tertiary/aromatic N) is 4. The molecule has 6 nitrogen and oxygen atoms in total. The maximum Gasteiger partial charge on any atom is 0.332 e. The van der Waals surface area contributed by atoms with Crippen LogP contribution < -0.4 is 10.4 Å². The molecule has 4 aromatic rings. The molecule has 0 aliphatic carbocycles. The predicted octanol–water partition coefficient (Wildman–Crippen LogP) is 3.34. The molecule has 0 amide bonds. The zero-order valence-electron chi connectivity index (χ0n) is 14.1. The molecule has 0 radical (unpaired) electrons. The summed E-state index contributed by atoms with van der Waals surface area (Å²) in [5.74, 6) is 0.671. The third kappa shape index (κ3) is 2.61. The summed E-state index contributed by atoms with van der Waals surface area (Å²) >= 11 is 0. The number of fused-ring (bicyclic) bond motifs is 1. The number of imidazole rings is 2. The maximum atomic E-state index is 12.2. The van der Waals surface area contributed by atoms with E-state index in [9.17, 15) is 4.79 Å². The van der Waals surface area contributed by atoms with Crippen molar-refractivity contribution in [2.75, 3.05) is 0 Å². The van der Waals surface area contributed by atoms with Gasteiger partial charge in [-0.15, -0.1) is 0 Å². The van der Waals surface area contributed by atoms with E-state index in [4.69, 9.17) is 4.74 Å². The van der Waals surface area contributed by atoms with E-state index in [-0.39, 0.29) is 5.69 Å². The van der Waals surface area contributed by atoms with Gasteiger partial charge in [0.25, 0.3) is 0 Å². The van der Waals surface area contributed by atoms with Crippen LogP contribution in [0.1, 0.15) is 6.92 Å². The number of hydrogen-bond acceptors (Lipinski definition) is 3. The van der Waals surface area contributed by atoms with Gasteiger partial charge in [-0.1, -0.05) is 12.1 Å². The van der Waals surface area contributed by atoms with Crippen LogP contribution in [-0.2, 0) is 13.6 Å².